The molecule has 2 aromatic heterocycles. The molecule has 0 aliphatic rings. The van der Waals surface area contributed by atoms with Gasteiger partial charge in [-0.25, -0.2) is 4.98 Å². The zero-order valence-corrected chi connectivity index (χ0v) is 8.40. The lowest BCUT2D eigenvalue weighted by Crippen LogP contribution is -2.14. The van der Waals surface area contributed by atoms with Gasteiger partial charge >= 0.3 is 12.1 Å². The summed E-state index contributed by atoms with van der Waals surface area (Å²) in [6.07, 6.45) is -3.89. The van der Waals surface area contributed by atoms with Gasteiger partial charge in [-0.2, -0.15) is 13.2 Å². The third-order valence-corrected chi connectivity index (χ3v) is 2.22. The molecule has 0 spiro atoms. The molecule has 0 unspecified atom stereocenters. The van der Waals surface area contributed by atoms with E-state index in [1.807, 2.05) is 0 Å². The molecule has 0 bridgehead atoms. The van der Waals surface area contributed by atoms with Crippen LogP contribution in [0.25, 0.3) is 5.52 Å². The molecule has 90 valence electrons. The molecule has 7 heteroatoms. The van der Waals surface area contributed by atoms with Gasteiger partial charge in [0.2, 0.25) is 0 Å². The van der Waals surface area contributed by atoms with Crippen molar-refractivity contribution in [1.29, 1.82) is 0 Å². The number of halogens is 3. The highest BCUT2D eigenvalue weighted by atomic mass is 19.4. The summed E-state index contributed by atoms with van der Waals surface area (Å²) >= 11 is 0. The Kier molecular flexibility index (Phi) is 2.53. The Morgan fingerprint density at radius 3 is 2.71 bits per heavy atom. The molecule has 0 aliphatic carbocycles. The van der Waals surface area contributed by atoms with Gasteiger partial charge < -0.3 is 5.11 Å². The summed E-state index contributed by atoms with van der Waals surface area (Å²) in [4.78, 5) is 14.2. The predicted molar refractivity (Wildman–Crippen MR) is 51.5 cm³/mol. The van der Waals surface area contributed by atoms with Crippen molar-refractivity contribution < 1.29 is 23.1 Å². The van der Waals surface area contributed by atoms with E-state index >= 15 is 0 Å². The topological polar surface area (TPSA) is 54.6 Å². The highest BCUT2D eigenvalue weighted by Gasteiger charge is 2.34. The van der Waals surface area contributed by atoms with Crippen molar-refractivity contribution in [3.8, 4) is 0 Å². The molecule has 0 radical (unpaired) electrons. The molecular formula is C10H7F3N2O2. The summed E-state index contributed by atoms with van der Waals surface area (Å²) in [6.45, 7) is 0. The number of alkyl halides is 3. The summed E-state index contributed by atoms with van der Waals surface area (Å²) in [5.74, 6) is -1.37. The van der Waals surface area contributed by atoms with Crippen LogP contribution in [0.1, 0.15) is 11.5 Å². The van der Waals surface area contributed by atoms with Crippen LogP contribution >= 0.6 is 0 Å². The van der Waals surface area contributed by atoms with E-state index in [0.29, 0.717) is 0 Å². The average Bonchev–Trinajstić information content (AvgIpc) is 2.59. The molecule has 4 nitrogen and oxygen atoms in total. The number of nitrogens with zero attached hydrogens (tertiary/aromatic N) is 2. The Hall–Kier alpha value is -2.05. The first-order chi connectivity index (χ1) is 7.89. The Morgan fingerprint density at radius 2 is 2.12 bits per heavy atom. The summed E-state index contributed by atoms with van der Waals surface area (Å²) in [5, 5.41) is 8.60. The molecule has 0 aliphatic heterocycles. The van der Waals surface area contributed by atoms with Crippen molar-refractivity contribution in [2.45, 2.75) is 12.6 Å². The summed E-state index contributed by atoms with van der Waals surface area (Å²) in [5.41, 5.74) is -0.708. The second-order valence-corrected chi connectivity index (χ2v) is 3.41. The Morgan fingerprint density at radius 1 is 1.41 bits per heavy atom. The van der Waals surface area contributed by atoms with Crippen LogP contribution in [-0.4, -0.2) is 20.5 Å². The summed E-state index contributed by atoms with van der Waals surface area (Å²) in [6, 6.07) is 3.58. The molecule has 0 amide bonds. The van der Waals surface area contributed by atoms with Crippen molar-refractivity contribution in [3.63, 3.8) is 0 Å². The number of imidazole rings is 1. The molecule has 2 rings (SSSR count). The smallest absolute Gasteiger partial charge is 0.431 e. The molecule has 0 atom stereocenters. The number of pyridine rings is 1. The highest BCUT2D eigenvalue weighted by molar-refractivity contribution is 5.69. The zero-order chi connectivity index (χ0) is 12.6. The maximum atomic E-state index is 12.7. The van der Waals surface area contributed by atoms with Crippen LogP contribution in [0.3, 0.4) is 0 Å². The fourth-order valence-corrected chi connectivity index (χ4v) is 1.59. The van der Waals surface area contributed by atoms with Gasteiger partial charge in [-0.15, -0.1) is 0 Å². The van der Waals surface area contributed by atoms with Crippen LogP contribution in [0, 0.1) is 0 Å². The highest BCUT2D eigenvalue weighted by Crippen LogP contribution is 2.30. The normalized spacial score (nSPS) is 11.9. The molecule has 2 heterocycles. The molecule has 0 fully saturated rings. The number of fused-ring (bicyclic) bond motifs is 1. The van der Waals surface area contributed by atoms with E-state index in [9.17, 15) is 18.0 Å². The maximum Gasteiger partial charge on any atom is 0.431 e. The summed E-state index contributed by atoms with van der Waals surface area (Å²) in [7, 11) is 0. The molecule has 17 heavy (non-hydrogen) atoms. The number of aromatic nitrogens is 2. The third kappa shape index (κ3) is 2.08. The Labute approximate surface area is 93.3 Å². The van der Waals surface area contributed by atoms with E-state index in [2.05, 4.69) is 4.98 Å². The SMILES string of the molecule is O=C(O)Cc1ncc2cccc(C(F)(F)F)n12. The van der Waals surface area contributed by atoms with Gasteiger partial charge in [-0.1, -0.05) is 6.07 Å². The molecule has 1 N–H and O–H groups in total. The van der Waals surface area contributed by atoms with E-state index in [1.54, 1.807) is 0 Å². The lowest BCUT2D eigenvalue weighted by Gasteiger charge is -2.10. The maximum absolute atomic E-state index is 12.7. The van der Waals surface area contributed by atoms with Crippen LogP contribution in [0.4, 0.5) is 13.2 Å². The van der Waals surface area contributed by atoms with Crippen LogP contribution < -0.4 is 0 Å². The van der Waals surface area contributed by atoms with Crippen LogP contribution in [0.5, 0.6) is 0 Å². The van der Waals surface area contributed by atoms with Gasteiger partial charge in [0.05, 0.1) is 11.7 Å². The third-order valence-electron chi connectivity index (χ3n) is 2.22. The number of hydrogen-bond acceptors (Lipinski definition) is 2. The van der Waals surface area contributed by atoms with Crippen LogP contribution in [0.2, 0.25) is 0 Å². The van der Waals surface area contributed by atoms with Crippen molar-refractivity contribution in [3.05, 3.63) is 35.9 Å². The molecule has 2 aromatic rings. The van der Waals surface area contributed by atoms with Crippen molar-refractivity contribution in [2.24, 2.45) is 0 Å². The lowest BCUT2D eigenvalue weighted by atomic mass is 10.3. The second-order valence-electron chi connectivity index (χ2n) is 3.41. The largest absolute Gasteiger partial charge is 0.481 e. The number of carboxylic acids is 1. The van der Waals surface area contributed by atoms with Crippen LogP contribution in [0.15, 0.2) is 24.4 Å². The quantitative estimate of drug-likeness (QED) is 0.878. The minimum absolute atomic E-state index is 0.138. The van der Waals surface area contributed by atoms with E-state index in [4.69, 9.17) is 5.11 Å². The fourth-order valence-electron chi connectivity index (χ4n) is 1.59. The molecule has 0 saturated carbocycles. The summed E-state index contributed by atoms with van der Waals surface area (Å²) < 4.78 is 39.0. The fraction of sp³-hybridized carbons (Fsp3) is 0.200. The lowest BCUT2D eigenvalue weighted by molar-refractivity contribution is -0.143. The number of carboxylic acid groups (broad SMARTS) is 1. The van der Waals surface area contributed by atoms with Crippen molar-refractivity contribution in [1.82, 2.24) is 9.38 Å². The van der Waals surface area contributed by atoms with E-state index in [-0.39, 0.29) is 11.3 Å². The molecule has 0 saturated heterocycles. The Balaban J connectivity index is 2.68. The van der Waals surface area contributed by atoms with Gasteiger partial charge in [0.1, 0.15) is 17.9 Å². The number of rotatable bonds is 2. The minimum Gasteiger partial charge on any atom is -0.481 e. The minimum atomic E-state index is -4.55. The first-order valence-electron chi connectivity index (χ1n) is 4.64. The zero-order valence-electron chi connectivity index (χ0n) is 8.40. The second kappa shape index (κ2) is 3.76. The van der Waals surface area contributed by atoms with Gasteiger partial charge in [0.15, 0.2) is 0 Å². The average molecular weight is 244 g/mol. The number of hydrogen-bond donors (Lipinski definition) is 1. The number of aliphatic carboxylic acids is 1. The monoisotopic (exact) mass is 244 g/mol. The van der Waals surface area contributed by atoms with Gasteiger partial charge in [0, 0.05) is 0 Å². The van der Waals surface area contributed by atoms with Crippen molar-refractivity contribution in [2.75, 3.05) is 0 Å². The van der Waals surface area contributed by atoms with E-state index in [0.717, 1.165) is 10.5 Å². The van der Waals surface area contributed by atoms with Crippen LogP contribution in [-0.2, 0) is 17.4 Å². The predicted octanol–water partition coefficient (Wildman–Crippen LogP) is 1.98. The molecule has 0 aromatic carbocycles. The van der Waals surface area contributed by atoms with Gasteiger partial charge in [-0.3, -0.25) is 9.20 Å². The first kappa shape index (κ1) is 11.4. The first-order valence-corrected chi connectivity index (χ1v) is 4.64. The van der Waals surface area contributed by atoms with Crippen molar-refractivity contribution >= 4 is 11.5 Å². The van der Waals surface area contributed by atoms with E-state index < -0.39 is 24.3 Å². The van der Waals surface area contributed by atoms with Gasteiger partial charge in [0.25, 0.3) is 0 Å². The van der Waals surface area contributed by atoms with E-state index in [1.165, 1.54) is 18.3 Å². The van der Waals surface area contributed by atoms with Gasteiger partial charge in [-0.05, 0) is 12.1 Å². The standard InChI is InChI=1S/C10H7F3N2O2/c11-10(12,13)7-3-1-2-6-5-14-8(15(6)7)4-9(16)17/h1-3,5H,4H2,(H,16,17). The molecular weight excluding hydrogens is 237 g/mol. The number of carbonyl (C=O) groups is 1. The Bertz CT molecular complexity index is 574.